The lowest BCUT2D eigenvalue weighted by Crippen LogP contribution is -2.22. The van der Waals surface area contributed by atoms with Crippen molar-refractivity contribution in [1.29, 1.82) is 0 Å². The molecule has 1 aromatic heterocycles. The maximum absolute atomic E-state index is 12.7. The van der Waals surface area contributed by atoms with Gasteiger partial charge in [0.2, 0.25) is 5.91 Å². The number of nitrogens with zero attached hydrogens (tertiary/aromatic N) is 1. The van der Waals surface area contributed by atoms with Crippen LogP contribution in [0, 0.1) is 0 Å². The molecule has 0 fully saturated rings. The number of carbonyl (C=O) groups excluding carboxylic acids is 2. The van der Waals surface area contributed by atoms with Crippen LogP contribution in [0.15, 0.2) is 83.1 Å². The van der Waals surface area contributed by atoms with Crippen LogP contribution in [-0.2, 0) is 4.79 Å². The molecule has 4 rings (SSSR count). The molecule has 4 aromatic rings. The predicted molar refractivity (Wildman–Crippen MR) is 144 cm³/mol. The molecule has 0 radical (unpaired) electrons. The van der Waals surface area contributed by atoms with Crippen LogP contribution >= 0.6 is 34.7 Å². The second-order valence-electron chi connectivity index (χ2n) is 7.51. The number of halogens is 1. The topological polar surface area (TPSA) is 80.3 Å². The van der Waals surface area contributed by atoms with E-state index in [1.165, 1.54) is 23.1 Å². The fraction of sp³-hybridized carbons (Fsp3) is 0.115. The first-order valence-electron chi connectivity index (χ1n) is 10.7. The van der Waals surface area contributed by atoms with E-state index in [-0.39, 0.29) is 17.1 Å². The Kier molecular flexibility index (Phi) is 8.07. The normalized spacial score (nSPS) is 11.5. The Morgan fingerprint density at radius 1 is 1.03 bits per heavy atom. The third-order valence-electron chi connectivity index (χ3n) is 4.98. The lowest BCUT2D eigenvalue weighted by atomic mass is 10.2. The van der Waals surface area contributed by atoms with Gasteiger partial charge in [0.25, 0.3) is 5.91 Å². The van der Waals surface area contributed by atoms with Crippen molar-refractivity contribution in [2.24, 2.45) is 0 Å². The van der Waals surface area contributed by atoms with Gasteiger partial charge in [0.05, 0.1) is 18.1 Å². The van der Waals surface area contributed by atoms with Crippen LogP contribution in [0.4, 0.5) is 10.8 Å². The maximum Gasteiger partial charge on any atom is 0.255 e. The highest BCUT2D eigenvalue weighted by Crippen LogP contribution is 2.29. The van der Waals surface area contributed by atoms with Gasteiger partial charge < -0.3 is 15.4 Å². The van der Waals surface area contributed by atoms with Crippen LogP contribution in [-0.4, -0.2) is 29.2 Å². The Labute approximate surface area is 216 Å². The predicted octanol–water partition coefficient (Wildman–Crippen LogP) is 6.84. The summed E-state index contributed by atoms with van der Waals surface area (Å²) in [5.41, 5.74) is 2.84. The van der Waals surface area contributed by atoms with Gasteiger partial charge in [-0.05, 0) is 61.5 Å². The van der Waals surface area contributed by atoms with E-state index in [0.717, 1.165) is 21.9 Å². The first-order chi connectivity index (χ1) is 16.9. The zero-order valence-corrected chi connectivity index (χ0v) is 21.3. The number of nitrogens with one attached hydrogen (secondary N) is 2. The molecule has 0 aliphatic heterocycles. The Morgan fingerprint density at radius 2 is 1.80 bits per heavy atom. The molecule has 0 aliphatic rings. The number of thiazole rings is 1. The Balaban J connectivity index is 1.32. The summed E-state index contributed by atoms with van der Waals surface area (Å²) in [6, 6.07) is 21.7. The lowest BCUT2D eigenvalue weighted by molar-refractivity contribution is -0.115. The minimum Gasteiger partial charge on any atom is -0.497 e. The quantitative estimate of drug-likeness (QED) is 0.247. The number of rotatable bonds is 8. The minimum absolute atomic E-state index is 0.139. The molecule has 0 spiro atoms. The Bertz CT molecular complexity index is 1340. The average molecular weight is 524 g/mol. The third kappa shape index (κ3) is 6.63. The number of aromatic nitrogens is 1. The maximum atomic E-state index is 12.7. The van der Waals surface area contributed by atoms with Crippen LogP contribution < -0.4 is 15.4 Å². The highest BCUT2D eigenvalue weighted by atomic mass is 35.5. The highest BCUT2D eigenvalue weighted by Gasteiger charge is 2.17. The molecule has 0 bridgehead atoms. The second kappa shape index (κ2) is 11.4. The molecule has 3 aromatic carbocycles. The molecule has 2 amide bonds. The van der Waals surface area contributed by atoms with Gasteiger partial charge in [-0.1, -0.05) is 29.8 Å². The van der Waals surface area contributed by atoms with E-state index in [4.69, 9.17) is 16.3 Å². The molecular formula is C26H22ClN3O3S2. The van der Waals surface area contributed by atoms with Gasteiger partial charge in [-0.25, -0.2) is 4.98 Å². The summed E-state index contributed by atoms with van der Waals surface area (Å²) >= 11 is 8.75. The molecule has 2 N–H and O–H groups in total. The number of hydrogen-bond acceptors (Lipinski definition) is 6. The molecular weight excluding hydrogens is 502 g/mol. The molecule has 178 valence electrons. The zero-order chi connectivity index (χ0) is 24.8. The number of methoxy groups -OCH3 is 1. The molecule has 1 unspecified atom stereocenters. The SMILES string of the molecule is COc1cccc(-c2csc(NC(=O)C(C)Sc3ccc(NC(=O)c4cccc(Cl)c4)cc3)n2)c1. The fourth-order valence-electron chi connectivity index (χ4n) is 3.16. The number of thioether (sulfide) groups is 1. The van der Waals surface area contributed by atoms with Gasteiger partial charge in [0.1, 0.15) is 5.75 Å². The number of hydrogen-bond donors (Lipinski definition) is 2. The fourth-order valence-corrected chi connectivity index (χ4v) is 4.94. The smallest absolute Gasteiger partial charge is 0.255 e. The van der Waals surface area contributed by atoms with E-state index in [2.05, 4.69) is 15.6 Å². The van der Waals surface area contributed by atoms with Gasteiger partial charge in [0, 0.05) is 32.1 Å². The third-order valence-corrected chi connectivity index (χ3v) is 7.09. The summed E-state index contributed by atoms with van der Waals surface area (Å²) in [5.74, 6) is 0.374. The van der Waals surface area contributed by atoms with Crippen molar-refractivity contribution < 1.29 is 14.3 Å². The van der Waals surface area contributed by atoms with E-state index in [1.54, 1.807) is 43.5 Å². The molecule has 0 saturated heterocycles. The molecule has 0 aliphatic carbocycles. The average Bonchev–Trinajstić information content (AvgIpc) is 3.33. The van der Waals surface area contributed by atoms with Crippen molar-refractivity contribution in [2.45, 2.75) is 17.1 Å². The monoisotopic (exact) mass is 523 g/mol. The number of benzene rings is 3. The molecule has 1 atom stereocenters. The standard InChI is InChI=1S/C26H22ClN3O3S2/c1-16(24(31)30-26-29-23(15-34-26)17-5-4-8-21(14-17)33-2)35-22-11-9-20(10-12-22)28-25(32)18-6-3-7-19(27)13-18/h3-16H,1-2H3,(H,28,32)(H,29,30,31). The molecule has 1 heterocycles. The summed E-state index contributed by atoms with van der Waals surface area (Å²) in [7, 11) is 1.62. The Hall–Kier alpha value is -3.33. The van der Waals surface area contributed by atoms with Crippen molar-refractivity contribution in [3.63, 3.8) is 0 Å². The van der Waals surface area contributed by atoms with Crippen molar-refractivity contribution >= 4 is 57.3 Å². The van der Waals surface area contributed by atoms with E-state index in [9.17, 15) is 9.59 Å². The summed E-state index contributed by atoms with van der Waals surface area (Å²) < 4.78 is 5.26. The van der Waals surface area contributed by atoms with E-state index in [1.807, 2.05) is 48.7 Å². The van der Waals surface area contributed by atoms with Crippen LogP contribution in [0.2, 0.25) is 5.02 Å². The van der Waals surface area contributed by atoms with Gasteiger partial charge in [-0.2, -0.15) is 0 Å². The van der Waals surface area contributed by atoms with Crippen LogP contribution in [0.1, 0.15) is 17.3 Å². The molecule has 35 heavy (non-hydrogen) atoms. The molecule has 6 nitrogen and oxygen atoms in total. The van der Waals surface area contributed by atoms with Crippen molar-refractivity contribution in [2.75, 3.05) is 17.7 Å². The summed E-state index contributed by atoms with van der Waals surface area (Å²) in [4.78, 5) is 30.5. The zero-order valence-electron chi connectivity index (χ0n) is 18.9. The number of carbonyl (C=O) groups is 2. The van der Waals surface area contributed by atoms with Crippen molar-refractivity contribution in [1.82, 2.24) is 4.98 Å². The molecule has 0 saturated carbocycles. The van der Waals surface area contributed by atoms with Crippen molar-refractivity contribution in [3.05, 3.63) is 88.8 Å². The summed E-state index contributed by atoms with van der Waals surface area (Å²) in [6.45, 7) is 1.84. The van der Waals surface area contributed by atoms with Crippen LogP contribution in [0.25, 0.3) is 11.3 Å². The van der Waals surface area contributed by atoms with Crippen molar-refractivity contribution in [3.8, 4) is 17.0 Å². The van der Waals surface area contributed by atoms with Gasteiger partial charge >= 0.3 is 0 Å². The highest BCUT2D eigenvalue weighted by molar-refractivity contribution is 8.00. The first kappa shape index (κ1) is 24.8. The van der Waals surface area contributed by atoms with E-state index in [0.29, 0.717) is 21.4 Å². The number of amides is 2. The molecule has 9 heteroatoms. The largest absolute Gasteiger partial charge is 0.497 e. The second-order valence-corrected chi connectivity index (χ2v) is 10.2. The van der Waals surface area contributed by atoms with E-state index >= 15 is 0 Å². The lowest BCUT2D eigenvalue weighted by Gasteiger charge is -2.11. The van der Waals surface area contributed by atoms with Crippen LogP contribution in [0.5, 0.6) is 5.75 Å². The van der Waals surface area contributed by atoms with Gasteiger partial charge in [-0.3, -0.25) is 9.59 Å². The van der Waals surface area contributed by atoms with Gasteiger partial charge in [-0.15, -0.1) is 23.1 Å². The summed E-state index contributed by atoms with van der Waals surface area (Å²) in [5, 5.41) is 8.34. The van der Waals surface area contributed by atoms with E-state index < -0.39 is 0 Å². The minimum atomic E-state index is -0.342. The number of anilines is 2. The number of ether oxygens (including phenoxy) is 1. The van der Waals surface area contributed by atoms with Gasteiger partial charge in [0.15, 0.2) is 5.13 Å². The first-order valence-corrected chi connectivity index (χ1v) is 12.8. The summed E-state index contributed by atoms with van der Waals surface area (Å²) in [6.07, 6.45) is 0. The van der Waals surface area contributed by atoms with Crippen LogP contribution in [0.3, 0.4) is 0 Å². The Morgan fingerprint density at radius 3 is 2.54 bits per heavy atom.